The third-order valence-electron chi connectivity index (χ3n) is 5.36. The number of rotatable bonds is 3. The molecule has 2 heterocycles. The zero-order valence-corrected chi connectivity index (χ0v) is 12.5. The van der Waals surface area contributed by atoms with Crippen LogP contribution in [-0.4, -0.2) is 57.2 Å². The van der Waals surface area contributed by atoms with E-state index in [0.29, 0.717) is 0 Å². The number of hydrogen-bond acceptors (Lipinski definition) is 5. The predicted octanol–water partition coefficient (Wildman–Crippen LogP) is 0.485. The molecule has 1 N–H and O–H groups in total. The lowest BCUT2D eigenvalue weighted by molar-refractivity contribution is -0.201. The number of hydrogen-bond donors (Lipinski definition) is 1. The third kappa shape index (κ3) is 2.06. The van der Waals surface area contributed by atoms with Gasteiger partial charge in [-0.05, 0) is 32.9 Å². The van der Waals surface area contributed by atoms with Crippen molar-refractivity contribution in [3.63, 3.8) is 0 Å². The van der Waals surface area contributed by atoms with Gasteiger partial charge in [-0.25, -0.2) is 0 Å². The maximum Gasteiger partial charge on any atom is 0.146 e. The second-order valence-corrected chi connectivity index (χ2v) is 6.21. The molecule has 1 spiro atoms. The number of aliphatic hydroxyl groups is 1. The molecule has 6 nitrogen and oxygen atoms in total. The van der Waals surface area contributed by atoms with Crippen LogP contribution in [-0.2, 0) is 18.3 Å². The van der Waals surface area contributed by atoms with E-state index in [1.54, 1.807) is 7.11 Å². The van der Waals surface area contributed by atoms with Crippen molar-refractivity contribution < 1.29 is 9.84 Å². The van der Waals surface area contributed by atoms with Gasteiger partial charge in [0.1, 0.15) is 11.6 Å². The van der Waals surface area contributed by atoms with Crippen molar-refractivity contribution in [2.75, 3.05) is 20.2 Å². The molecule has 1 saturated heterocycles. The molecule has 1 aliphatic heterocycles. The van der Waals surface area contributed by atoms with Gasteiger partial charge in [0, 0.05) is 26.0 Å². The molecular formula is C14H24N4O2. The first-order valence-electron chi connectivity index (χ1n) is 7.35. The maximum atomic E-state index is 10.1. The van der Waals surface area contributed by atoms with Gasteiger partial charge in [0.2, 0.25) is 0 Å². The molecule has 0 unspecified atom stereocenters. The minimum absolute atomic E-state index is 0.00105. The predicted molar refractivity (Wildman–Crippen MR) is 74.1 cm³/mol. The molecule has 1 saturated carbocycles. The molecule has 6 heteroatoms. The number of aromatic nitrogens is 3. The summed E-state index contributed by atoms with van der Waals surface area (Å²) < 4.78 is 7.56. The van der Waals surface area contributed by atoms with Crippen LogP contribution in [0.2, 0.25) is 0 Å². The van der Waals surface area contributed by atoms with Gasteiger partial charge < -0.3 is 14.4 Å². The number of ether oxygens (including phenoxy) is 1. The molecule has 112 valence electrons. The van der Waals surface area contributed by atoms with Crippen LogP contribution in [0.15, 0.2) is 0 Å². The summed E-state index contributed by atoms with van der Waals surface area (Å²) in [6.07, 6.45) is 2.84. The van der Waals surface area contributed by atoms with Gasteiger partial charge in [0.15, 0.2) is 0 Å². The molecule has 3 rings (SSSR count). The normalized spacial score (nSPS) is 29.6. The van der Waals surface area contributed by atoms with Crippen molar-refractivity contribution in [1.29, 1.82) is 0 Å². The van der Waals surface area contributed by atoms with Gasteiger partial charge >= 0.3 is 0 Å². The zero-order valence-electron chi connectivity index (χ0n) is 12.5. The van der Waals surface area contributed by atoms with Crippen molar-refractivity contribution in [2.24, 2.45) is 12.5 Å². The molecule has 2 aliphatic rings. The molecule has 20 heavy (non-hydrogen) atoms. The van der Waals surface area contributed by atoms with Crippen LogP contribution in [0.3, 0.4) is 0 Å². The van der Waals surface area contributed by atoms with Gasteiger partial charge in [0.25, 0.3) is 0 Å². The minimum Gasteiger partial charge on any atom is -0.392 e. The van der Waals surface area contributed by atoms with E-state index in [1.165, 1.54) is 0 Å². The summed E-state index contributed by atoms with van der Waals surface area (Å²) in [7, 11) is 3.76. The van der Waals surface area contributed by atoms with Crippen molar-refractivity contribution in [3.8, 4) is 0 Å². The third-order valence-corrected chi connectivity index (χ3v) is 5.36. The molecule has 1 aromatic rings. The largest absolute Gasteiger partial charge is 0.392 e. The molecule has 0 bridgehead atoms. The van der Waals surface area contributed by atoms with Crippen molar-refractivity contribution in [1.82, 2.24) is 19.7 Å². The Bertz CT molecular complexity index is 480. The van der Waals surface area contributed by atoms with E-state index >= 15 is 0 Å². The first-order valence-corrected chi connectivity index (χ1v) is 7.35. The zero-order chi connectivity index (χ0) is 14.3. The number of methoxy groups -OCH3 is 1. The smallest absolute Gasteiger partial charge is 0.146 e. The van der Waals surface area contributed by atoms with Crippen LogP contribution in [0.1, 0.15) is 30.9 Å². The van der Waals surface area contributed by atoms with Gasteiger partial charge in [-0.3, -0.25) is 4.90 Å². The van der Waals surface area contributed by atoms with E-state index < -0.39 is 0 Å². The Hall–Kier alpha value is -0.980. The summed E-state index contributed by atoms with van der Waals surface area (Å²) in [6, 6.07) is 0. The van der Waals surface area contributed by atoms with E-state index in [1.807, 2.05) is 18.5 Å². The molecule has 0 radical (unpaired) electrons. The van der Waals surface area contributed by atoms with E-state index in [0.717, 1.165) is 50.5 Å². The number of aliphatic hydroxyl groups excluding tert-OH is 1. The summed E-state index contributed by atoms with van der Waals surface area (Å²) >= 11 is 0. The Labute approximate surface area is 119 Å². The minimum atomic E-state index is -0.188. The molecule has 1 aromatic heterocycles. The fourth-order valence-electron chi connectivity index (χ4n) is 3.63. The summed E-state index contributed by atoms with van der Waals surface area (Å²) in [6.45, 7) is 4.78. The lowest BCUT2D eigenvalue weighted by atomic mass is 9.58. The van der Waals surface area contributed by atoms with Crippen LogP contribution in [0.4, 0.5) is 0 Å². The van der Waals surface area contributed by atoms with Crippen LogP contribution in [0.5, 0.6) is 0 Å². The Morgan fingerprint density at radius 2 is 2.05 bits per heavy atom. The highest BCUT2D eigenvalue weighted by Gasteiger charge is 2.55. The quantitative estimate of drug-likeness (QED) is 0.873. The highest BCUT2D eigenvalue weighted by Crippen LogP contribution is 2.50. The molecule has 0 amide bonds. The summed E-state index contributed by atoms with van der Waals surface area (Å²) in [5.74, 6) is 1.96. The first-order chi connectivity index (χ1) is 9.56. The second-order valence-electron chi connectivity index (χ2n) is 6.21. The van der Waals surface area contributed by atoms with Crippen LogP contribution in [0.25, 0.3) is 0 Å². The highest BCUT2D eigenvalue weighted by atomic mass is 16.5. The van der Waals surface area contributed by atoms with Crippen LogP contribution in [0, 0.1) is 12.3 Å². The number of aryl methyl sites for hydroxylation is 1. The van der Waals surface area contributed by atoms with Crippen molar-refractivity contribution in [3.05, 3.63) is 11.6 Å². The van der Waals surface area contributed by atoms with E-state index in [4.69, 9.17) is 4.74 Å². The maximum absolute atomic E-state index is 10.1. The second kappa shape index (κ2) is 5.09. The summed E-state index contributed by atoms with van der Waals surface area (Å²) in [4.78, 5) is 2.40. The average molecular weight is 280 g/mol. The Kier molecular flexibility index (Phi) is 3.56. The lowest BCUT2D eigenvalue weighted by Gasteiger charge is -2.56. The molecule has 0 aromatic carbocycles. The van der Waals surface area contributed by atoms with E-state index in [2.05, 4.69) is 15.1 Å². The molecular weight excluding hydrogens is 256 g/mol. The van der Waals surface area contributed by atoms with Gasteiger partial charge in [-0.2, -0.15) is 0 Å². The van der Waals surface area contributed by atoms with E-state index in [9.17, 15) is 5.11 Å². The van der Waals surface area contributed by atoms with E-state index in [-0.39, 0.29) is 17.6 Å². The topological polar surface area (TPSA) is 63.4 Å². The Morgan fingerprint density at radius 3 is 2.55 bits per heavy atom. The lowest BCUT2D eigenvalue weighted by Crippen LogP contribution is -2.62. The monoisotopic (exact) mass is 280 g/mol. The molecule has 2 fully saturated rings. The summed E-state index contributed by atoms with van der Waals surface area (Å²) in [5.41, 5.74) is 0.00105. The molecule has 2 atom stereocenters. The van der Waals surface area contributed by atoms with Crippen LogP contribution >= 0.6 is 0 Å². The first kappa shape index (κ1) is 14.0. The fourth-order valence-corrected chi connectivity index (χ4v) is 3.63. The van der Waals surface area contributed by atoms with Gasteiger partial charge in [0.05, 0.1) is 18.8 Å². The summed E-state index contributed by atoms with van der Waals surface area (Å²) in [5, 5.41) is 18.4. The fraction of sp³-hybridized carbons (Fsp3) is 0.857. The van der Waals surface area contributed by atoms with Gasteiger partial charge in [-0.15, -0.1) is 10.2 Å². The number of piperidine rings is 1. The Balaban J connectivity index is 1.60. The van der Waals surface area contributed by atoms with Crippen molar-refractivity contribution >= 4 is 0 Å². The number of nitrogens with zero attached hydrogens (tertiary/aromatic N) is 4. The highest BCUT2D eigenvalue weighted by molar-refractivity contribution is 5.06. The standard InChI is InChI=1S/C14H24N4O2/c1-10-15-16-13(17(10)2)9-18-6-4-14(5-7-18)11(19)8-12(14)20-3/h11-12,19H,4-9H2,1-3H3/t11-,12+/m1/s1. The van der Waals surface area contributed by atoms with Gasteiger partial charge in [-0.1, -0.05) is 0 Å². The van der Waals surface area contributed by atoms with Crippen molar-refractivity contribution in [2.45, 2.75) is 44.9 Å². The van der Waals surface area contributed by atoms with Crippen LogP contribution < -0.4 is 0 Å². The Morgan fingerprint density at radius 1 is 1.35 bits per heavy atom. The average Bonchev–Trinajstić information content (AvgIpc) is 2.77. The number of likely N-dealkylation sites (tertiary alicyclic amines) is 1. The SMILES string of the molecule is CO[C@H]1C[C@@H](O)C12CCN(Cc1nnc(C)n1C)CC2. The molecule has 1 aliphatic carbocycles.